The Morgan fingerprint density at radius 1 is 1.46 bits per heavy atom. The van der Waals surface area contributed by atoms with E-state index in [-0.39, 0.29) is 24.8 Å². The molecule has 130 valence electrons. The molecule has 1 aliphatic heterocycles. The fourth-order valence-electron chi connectivity index (χ4n) is 3.89. The molecule has 1 aliphatic carbocycles. The number of halogens is 2. The fourth-order valence-corrected chi connectivity index (χ4v) is 3.89. The molecule has 5 heteroatoms. The lowest BCUT2D eigenvalue weighted by Crippen LogP contribution is -2.32. The SMILES string of the molecule is C=C/C=C\C1=C(C)C(CC(O)C2CCC(F)(F)CC2)n2cncc21. The van der Waals surface area contributed by atoms with Crippen molar-refractivity contribution in [3.05, 3.63) is 48.6 Å². The van der Waals surface area contributed by atoms with Crippen molar-refractivity contribution in [1.82, 2.24) is 9.55 Å². The predicted octanol–water partition coefficient (Wildman–Crippen LogP) is 4.53. The van der Waals surface area contributed by atoms with Gasteiger partial charge in [-0.05, 0) is 37.7 Å². The van der Waals surface area contributed by atoms with Gasteiger partial charge in [-0.25, -0.2) is 13.8 Å². The zero-order valence-electron chi connectivity index (χ0n) is 14.0. The molecule has 2 aliphatic rings. The molecule has 1 saturated carbocycles. The smallest absolute Gasteiger partial charge is 0.248 e. The molecular formula is C19H24F2N2O. The number of hydrogen-bond acceptors (Lipinski definition) is 2. The minimum absolute atomic E-state index is 0.0319. The Bertz CT molecular complexity index is 665. The monoisotopic (exact) mass is 334 g/mol. The van der Waals surface area contributed by atoms with E-state index in [2.05, 4.69) is 23.1 Å². The van der Waals surface area contributed by atoms with Crippen LogP contribution in [0, 0.1) is 5.92 Å². The topological polar surface area (TPSA) is 38.0 Å². The molecule has 1 aromatic heterocycles. The van der Waals surface area contributed by atoms with Crippen LogP contribution < -0.4 is 0 Å². The van der Waals surface area contributed by atoms with Crippen molar-refractivity contribution >= 4 is 5.57 Å². The van der Waals surface area contributed by atoms with Gasteiger partial charge in [0.15, 0.2) is 0 Å². The van der Waals surface area contributed by atoms with E-state index in [0.717, 1.165) is 11.3 Å². The van der Waals surface area contributed by atoms with E-state index < -0.39 is 12.0 Å². The Labute approximate surface area is 141 Å². The highest BCUT2D eigenvalue weighted by Gasteiger charge is 2.38. The molecule has 0 saturated heterocycles. The highest BCUT2D eigenvalue weighted by Crippen LogP contribution is 2.43. The molecule has 0 spiro atoms. The lowest BCUT2D eigenvalue weighted by atomic mass is 9.81. The average Bonchev–Trinajstić information content (AvgIpc) is 3.09. The summed E-state index contributed by atoms with van der Waals surface area (Å²) in [6, 6.07) is 0.0319. The standard InChI is InChI=1S/C19H24F2N2O/c1-3-4-5-15-13(2)16(23-12-22-11-17(15)23)10-18(24)14-6-8-19(20,21)9-7-14/h3-5,11-12,14,16,18,24H,1,6-10H2,2H3/b5-4-. The summed E-state index contributed by atoms with van der Waals surface area (Å²) in [5, 5.41) is 10.6. The van der Waals surface area contributed by atoms with Gasteiger partial charge < -0.3 is 9.67 Å². The van der Waals surface area contributed by atoms with Crippen molar-refractivity contribution in [3.8, 4) is 0 Å². The van der Waals surface area contributed by atoms with Crippen molar-refractivity contribution < 1.29 is 13.9 Å². The van der Waals surface area contributed by atoms with Gasteiger partial charge in [-0.2, -0.15) is 0 Å². The van der Waals surface area contributed by atoms with Gasteiger partial charge >= 0.3 is 0 Å². The largest absolute Gasteiger partial charge is 0.393 e. The van der Waals surface area contributed by atoms with E-state index in [4.69, 9.17) is 0 Å². The van der Waals surface area contributed by atoms with E-state index in [9.17, 15) is 13.9 Å². The van der Waals surface area contributed by atoms with Gasteiger partial charge in [0.1, 0.15) is 0 Å². The maximum atomic E-state index is 13.3. The van der Waals surface area contributed by atoms with Crippen LogP contribution in [0.25, 0.3) is 5.57 Å². The third-order valence-corrected chi connectivity index (χ3v) is 5.37. The number of fused-ring (bicyclic) bond motifs is 1. The normalized spacial score (nSPS) is 25.2. The lowest BCUT2D eigenvalue weighted by Gasteiger charge is -2.32. The van der Waals surface area contributed by atoms with Crippen LogP contribution in [0.4, 0.5) is 8.78 Å². The number of imidazole rings is 1. The Morgan fingerprint density at radius 3 is 2.83 bits per heavy atom. The number of aliphatic hydroxyl groups excluding tert-OH is 1. The molecule has 1 fully saturated rings. The van der Waals surface area contributed by atoms with Gasteiger partial charge in [0.25, 0.3) is 0 Å². The number of allylic oxidation sites excluding steroid dienone is 5. The molecule has 3 rings (SSSR count). The summed E-state index contributed by atoms with van der Waals surface area (Å²) in [6.07, 6.45) is 9.74. The van der Waals surface area contributed by atoms with Crippen LogP contribution in [0.15, 0.2) is 42.9 Å². The van der Waals surface area contributed by atoms with E-state index in [1.807, 2.05) is 18.3 Å². The minimum atomic E-state index is -2.56. The van der Waals surface area contributed by atoms with Crippen molar-refractivity contribution in [1.29, 1.82) is 0 Å². The molecule has 1 aromatic rings. The van der Waals surface area contributed by atoms with Crippen molar-refractivity contribution in [2.24, 2.45) is 5.92 Å². The maximum Gasteiger partial charge on any atom is 0.248 e. The second-order valence-electron chi connectivity index (χ2n) is 6.89. The van der Waals surface area contributed by atoms with Crippen molar-refractivity contribution in [2.45, 2.75) is 57.1 Å². The van der Waals surface area contributed by atoms with Gasteiger partial charge in [-0.1, -0.05) is 24.8 Å². The molecule has 0 bridgehead atoms. The Kier molecular flexibility index (Phi) is 4.72. The van der Waals surface area contributed by atoms with E-state index in [0.29, 0.717) is 19.3 Å². The number of aliphatic hydroxyl groups is 1. The second-order valence-corrected chi connectivity index (χ2v) is 6.89. The number of alkyl halides is 2. The van der Waals surface area contributed by atoms with Gasteiger partial charge in [0.2, 0.25) is 5.92 Å². The minimum Gasteiger partial charge on any atom is -0.393 e. The third-order valence-electron chi connectivity index (χ3n) is 5.37. The van der Waals surface area contributed by atoms with Crippen LogP contribution in [0.3, 0.4) is 0 Å². The molecule has 1 N–H and O–H groups in total. The first-order valence-corrected chi connectivity index (χ1v) is 8.51. The van der Waals surface area contributed by atoms with Crippen LogP contribution >= 0.6 is 0 Å². The van der Waals surface area contributed by atoms with Gasteiger partial charge in [0, 0.05) is 18.4 Å². The summed E-state index contributed by atoms with van der Waals surface area (Å²) < 4.78 is 28.7. The molecule has 2 heterocycles. The third kappa shape index (κ3) is 3.22. The summed E-state index contributed by atoms with van der Waals surface area (Å²) in [5.74, 6) is -2.60. The van der Waals surface area contributed by atoms with Crippen molar-refractivity contribution in [2.75, 3.05) is 0 Å². The highest BCUT2D eigenvalue weighted by molar-refractivity contribution is 5.78. The molecule has 2 unspecified atom stereocenters. The Morgan fingerprint density at radius 2 is 2.17 bits per heavy atom. The van der Waals surface area contributed by atoms with Crippen LogP contribution in [0.2, 0.25) is 0 Å². The Balaban J connectivity index is 1.74. The second kappa shape index (κ2) is 6.63. The van der Waals surface area contributed by atoms with Gasteiger partial charge in [0.05, 0.1) is 30.4 Å². The molecule has 0 amide bonds. The number of rotatable bonds is 5. The van der Waals surface area contributed by atoms with Crippen LogP contribution in [0.1, 0.15) is 50.8 Å². The van der Waals surface area contributed by atoms with E-state index >= 15 is 0 Å². The summed E-state index contributed by atoms with van der Waals surface area (Å²) in [7, 11) is 0. The first-order chi connectivity index (χ1) is 11.4. The highest BCUT2D eigenvalue weighted by atomic mass is 19.3. The average molecular weight is 334 g/mol. The lowest BCUT2D eigenvalue weighted by molar-refractivity contribution is -0.0639. The summed E-state index contributed by atoms with van der Waals surface area (Å²) in [4.78, 5) is 4.21. The van der Waals surface area contributed by atoms with Gasteiger partial charge in [-0.3, -0.25) is 0 Å². The van der Waals surface area contributed by atoms with Crippen molar-refractivity contribution in [3.63, 3.8) is 0 Å². The number of aromatic nitrogens is 2. The Hall–Kier alpha value is -1.75. The fraction of sp³-hybridized carbons (Fsp3) is 0.526. The summed E-state index contributed by atoms with van der Waals surface area (Å²) in [5.41, 5.74) is 3.29. The number of nitrogens with zero attached hydrogens (tertiary/aromatic N) is 2. The zero-order chi connectivity index (χ0) is 17.3. The number of hydrogen-bond donors (Lipinski definition) is 1. The van der Waals surface area contributed by atoms with E-state index in [1.165, 1.54) is 5.57 Å². The summed E-state index contributed by atoms with van der Waals surface area (Å²) in [6.45, 7) is 5.76. The van der Waals surface area contributed by atoms with Crippen LogP contribution in [-0.4, -0.2) is 26.7 Å². The molecule has 24 heavy (non-hydrogen) atoms. The quantitative estimate of drug-likeness (QED) is 0.803. The van der Waals surface area contributed by atoms with Gasteiger partial charge in [-0.15, -0.1) is 0 Å². The zero-order valence-corrected chi connectivity index (χ0v) is 14.0. The summed E-state index contributed by atoms with van der Waals surface area (Å²) >= 11 is 0. The first kappa shape index (κ1) is 17.1. The first-order valence-electron chi connectivity index (χ1n) is 8.51. The van der Waals surface area contributed by atoms with E-state index in [1.54, 1.807) is 12.4 Å². The van der Waals surface area contributed by atoms with Crippen LogP contribution in [-0.2, 0) is 0 Å². The molecule has 2 atom stereocenters. The molecule has 3 nitrogen and oxygen atoms in total. The van der Waals surface area contributed by atoms with Crippen LogP contribution in [0.5, 0.6) is 0 Å². The molecule has 0 aromatic carbocycles. The maximum absolute atomic E-state index is 13.3. The molecular weight excluding hydrogens is 310 g/mol. The molecule has 0 radical (unpaired) electrons. The predicted molar refractivity (Wildman–Crippen MR) is 90.7 cm³/mol.